The Balaban J connectivity index is 1.36. The van der Waals surface area contributed by atoms with E-state index in [0.29, 0.717) is 71.4 Å². The minimum absolute atomic E-state index is 0.359. The third-order valence-corrected chi connectivity index (χ3v) is 7.74. The summed E-state index contributed by atoms with van der Waals surface area (Å²) in [6.45, 7) is 1.81. The maximum Gasteiger partial charge on any atom is 0.338 e. The lowest BCUT2D eigenvalue weighted by Crippen LogP contribution is -2.31. The van der Waals surface area contributed by atoms with Gasteiger partial charge in [-0.15, -0.1) is 10.2 Å². The van der Waals surface area contributed by atoms with Gasteiger partial charge in [0.2, 0.25) is 0 Å². The van der Waals surface area contributed by atoms with Gasteiger partial charge in [0.1, 0.15) is 22.9 Å². The van der Waals surface area contributed by atoms with E-state index in [2.05, 4.69) is 20.6 Å². The minimum atomic E-state index is -0.455. The third-order valence-electron chi connectivity index (χ3n) is 7.74. The molecule has 0 saturated carbocycles. The zero-order chi connectivity index (χ0) is 32.3. The largest absolute Gasteiger partial charge is 0.494 e. The Bertz CT molecular complexity index is 1500. The molecule has 3 heterocycles. The van der Waals surface area contributed by atoms with Crippen LogP contribution in [0.25, 0.3) is 22.5 Å². The number of hydrogen-bond acceptors (Lipinski definition) is 11. The molecule has 0 unspecified atom stereocenters. The van der Waals surface area contributed by atoms with Gasteiger partial charge in [0.05, 0.1) is 64.0 Å². The molecule has 0 fully saturated rings. The van der Waals surface area contributed by atoms with Crippen LogP contribution in [0.1, 0.15) is 72.1 Å². The second kappa shape index (κ2) is 16.0. The molecule has 244 valence electrons. The quantitative estimate of drug-likeness (QED) is 0.306. The van der Waals surface area contributed by atoms with Crippen LogP contribution < -0.4 is 15.2 Å². The lowest BCUT2D eigenvalue weighted by atomic mass is 10.1. The van der Waals surface area contributed by atoms with Gasteiger partial charge in [-0.1, -0.05) is 49.0 Å². The van der Waals surface area contributed by atoms with Crippen molar-refractivity contribution >= 4 is 11.9 Å². The summed E-state index contributed by atoms with van der Waals surface area (Å²) < 4.78 is 25.3. The van der Waals surface area contributed by atoms with E-state index >= 15 is 0 Å². The van der Waals surface area contributed by atoms with E-state index in [4.69, 9.17) is 24.7 Å². The molecule has 1 aliphatic rings. The summed E-state index contributed by atoms with van der Waals surface area (Å²) in [7, 11) is 2.70. The first-order valence-electron chi connectivity index (χ1n) is 15.7. The number of benzene rings is 2. The molecule has 2 aromatic heterocycles. The predicted molar refractivity (Wildman–Crippen MR) is 169 cm³/mol. The fourth-order valence-corrected chi connectivity index (χ4v) is 5.35. The molecule has 2 aromatic carbocycles. The highest BCUT2D eigenvalue weighted by Gasteiger charge is 2.17. The first-order chi connectivity index (χ1) is 22.4. The molecule has 8 bridgehead atoms. The Labute approximate surface area is 268 Å². The summed E-state index contributed by atoms with van der Waals surface area (Å²) in [5.74, 6) is 0.247. The summed E-state index contributed by atoms with van der Waals surface area (Å²) in [6.07, 6.45) is 12.1. The molecule has 0 amide bonds. The van der Waals surface area contributed by atoms with E-state index in [1.54, 1.807) is 46.0 Å². The predicted octanol–water partition coefficient (Wildman–Crippen LogP) is 4.70. The van der Waals surface area contributed by atoms with Gasteiger partial charge >= 0.3 is 11.9 Å². The molecule has 4 aromatic rings. The Morgan fingerprint density at radius 2 is 1.09 bits per heavy atom. The monoisotopic (exact) mass is 631 g/mol. The van der Waals surface area contributed by atoms with Crippen LogP contribution in [0.4, 0.5) is 0 Å². The number of fused-ring (bicyclic) bond motifs is 10. The smallest absolute Gasteiger partial charge is 0.338 e. The van der Waals surface area contributed by atoms with Gasteiger partial charge in [0.15, 0.2) is 0 Å². The van der Waals surface area contributed by atoms with Gasteiger partial charge in [-0.2, -0.15) is 0 Å². The second-order valence-corrected chi connectivity index (χ2v) is 11.4. The number of carbonyl (C=O) groups is 2. The zero-order valence-corrected chi connectivity index (χ0v) is 26.4. The van der Waals surface area contributed by atoms with E-state index in [1.807, 2.05) is 12.1 Å². The molecule has 46 heavy (non-hydrogen) atoms. The minimum Gasteiger partial charge on any atom is -0.494 e. The summed E-state index contributed by atoms with van der Waals surface area (Å²) in [5.41, 5.74) is 9.75. The van der Waals surface area contributed by atoms with Gasteiger partial charge in [-0.3, -0.25) is 9.36 Å². The highest BCUT2D eigenvalue weighted by Crippen LogP contribution is 2.27. The van der Waals surface area contributed by atoms with Gasteiger partial charge < -0.3 is 24.7 Å². The van der Waals surface area contributed by atoms with Crippen LogP contribution in [-0.4, -0.2) is 75.4 Å². The number of nitrogens with two attached hydrogens (primary N) is 1. The third kappa shape index (κ3) is 8.90. The zero-order valence-electron chi connectivity index (χ0n) is 26.4. The van der Waals surface area contributed by atoms with Crippen molar-refractivity contribution < 1.29 is 28.5 Å². The van der Waals surface area contributed by atoms with Gasteiger partial charge in [-0.25, -0.2) is 9.59 Å². The van der Waals surface area contributed by atoms with E-state index in [0.717, 1.165) is 51.4 Å². The SMILES string of the molecule is COC(=O)c1cc2cc(c1)-c1cn(nn1)CC(N)Cn1cc(nn1)-c1cc(cc(C(=O)OC)c1)OCCCCCCCCCCO2. The highest BCUT2D eigenvalue weighted by molar-refractivity contribution is 5.92. The Morgan fingerprint density at radius 3 is 1.50 bits per heavy atom. The van der Waals surface area contributed by atoms with Crippen molar-refractivity contribution in [3.8, 4) is 34.0 Å². The standard InChI is InChI=1S/C33H41N7O6/c1-43-32(41)25-13-23-15-28(17-25)45-11-9-7-5-3-4-6-8-10-12-46-29-16-24(14-26(18-29)33(42)44-2)31-22-40(38-36-31)20-27(34)19-39-21-30(23)35-37-39/h13-18,21-22,27H,3-12,19-20,34H2,1-2H3. The summed E-state index contributed by atoms with van der Waals surface area (Å²) in [6, 6.07) is 10.2. The number of hydrogen-bond donors (Lipinski definition) is 1. The molecule has 13 heteroatoms. The molecule has 0 aliphatic carbocycles. The van der Waals surface area contributed by atoms with Crippen molar-refractivity contribution in [3.05, 3.63) is 59.9 Å². The van der Waals surface area contributed by atoms with E-state index < -0.39 is 11.9 Å². The Kier molecular flexibility index (Phi) is 11.3. The lowest BCUT2D eigenvalue weighted by molar-refractivity contribution is 0.0591. The molecular weight excluding hydrogens is 590 g/mol. The van der Waals surface area contributed by atoms with Crippen LogP contribution in [0.15, 0.2) is 48.8 Å². The van der Waals surface area contributed by atoms with Crippen LogP contribution in [0.2, 0.25) is 0 Å². The highest BCUT2D eigenvalue weighted by atomic mass is 16.5. The van der Waals surface area contributed by atoms with E-state index in [9.17, 15) is 9.59 Å². The van der Waals surface area contributed by atoms with Crippen LogP contribution in [0, 0.1) is 0 Å². The molecule has 5 rings (SSSR count). The Morgan fingerprint density at radius 1 is 0.674 bits per heavy atom. The summed E-state index contributed by atoms with van der Waals surface area (Å²) in [5, 5.41) is 17.1. The number of carbonyl (C=O) groups excluding carboxylic acids is 2. The van der Waals surface area contributed by atoms with Crippen molar-refractivity contribution in [2.75, 3.05) is 27.4 Å². The molecule has 0 radical (unpaired) electrons. The first kappa shape index (κ1) is 32.6. The molecule has 2 N–H and O–H groups in total. The van der Waals surface area contributed by atoms with Crippen LogP contribution in [0.5, 0.6) is 11.5 Å². The van der Waals surface area contributed by atoms with Gasteiger partial charge in [-0.05, 0) is 49.2 Å². The van der Waals surface area contributed by atoms with Crippen molar-refractivity contribution in [1.29, 1.82) is 0 Å². The molecule has 0 spiro atoms. The summed E-state index contributed by atoms with van der Waals surface area (Å²) >= 11 is 0. The maximum absolute atomic E-state index is 12.4. The van der Waals surface area contributed by atoms with E-state index in [-0.39, 0.29) is 6.04 Å². The van der Waals surface area contributed by atoms with Crippen molar-refractivity contribution in [1.82, 2.24) is 30.0 Å². The fraction of sp³-hybridized carbons (Fsp3) is 0.455. The molecule has 0 atom stereocenters. The van der Waals surface area contributed by atoms with Crippen LogP contribution in [0.3, 0.4) is 0 Å². The van der Waals surface area contributed by atoms with Crippen LogP contribution >= 0.6 is 0 Å². The number of methoxy groups -OCH3 is 2. The maximum atomic E-state index is 12.4. The molecule has 1 aliphatic heterocycles. The first-order valence-corrected chi connectivity index (χ1v) is 15.7. The van der Waals surface area contributed by atoms with Crippen molar-refractivity contribution in [2.45, 2.75) is 70.5 Å². The van der Waals surface area contributed by atoms with Crippen molar-refractivity contribution in [3.63, 3.8) is 0 Å². The Hall–Kier alpha value is -4.78. The fourth-order valence-electron chi connectivity index (χ4n) is 5.35. The van der Waals surface area contributed by atoms with E-state index in [1.165, 1.54) is 14.2 Å². The lowest BCUT2D eigenvalue weighted by Gasteiger charge is -2.11. The van der Waals surface area contributed by atoms with Crippen molar-refractivity contribution in [2.24, 2.45) is 5.73 Å². The molecular formula is C33H41N7O6. The number of esters is 2. The second-order valence-electron chi connectivity index (χ2n) is 11.4. The number of ether oxygens (including phenoxy) is 4. The van der Waals surface area contributed by atoms with Crippen LogP contribution in [-0.2, 0) is 22.6 Å². The average molecular weight is 632 g/mol. The summed E-state index contributed by atoms with van der Waals surface area (Å²) in [4.78, 5) is 24.8. The molecule has 0 saturated heterocycles. The average Bonchev–Trinajstić information content (AvgIpc) is 3.73. The number of rotatable bonds is 2. The van der Waals surface area contributed by atoms with Gasteiger partial charge in [0, 0.05) is 17.2 Å². The number of nitrogens with zero attached hydrogens (tertiary/aromatic N) is 6. The van der Waals surface area contributed by atoms with Gasteiger partial charge in [0.25, 0.3) is 0 Å². The molecule has 13 nitrogen and oxygen atoms in total. The number of aromatic nitrogens is 6. The normalized spacial score (nSPS) is 15.5. The topological polar surface area (TPSA) is 158 Å².